The average molecular weight is 436 g/mol. The summed E-state index contributed by atoms with van der Waals surface area (Å²) in [6, 6.07) is 0.233. The first-order valence-corrected chi connectivity index (χ1v) is 12.8. The van der Waals surface area contributed by atoms with Gasteiger partial charge in [-0.1, -0.05) is 26.7 Å². The van der Waals surface area contributed by atoms with E-state index in [9.17, 15) is 9.59 Å². The normalized spacial score (nSPS) is 14.9. The van der Waals surface area contributed by atoms with Crippen molar-refractivity contribution in [3.63, 3.8) is 0 Å². The largest absolute Gasteiger partial charge is 0.354 e. The first kappa shape index (κ1) is 22.3. The molecule has 1 aliphatic carbocycles. The Morgan fingerprint density at radius 2 is 2.03 bits per heavy atom. The van der Waals surface area contributed by atoms with E-state index in [1.54, 1.807) is 23.1 Å². The third-order valence-electron chi connectivity index (χ3n) is 5.41. The Labute approximate surface area is 181 Å². The van der Waals surface area contributed by atoms with E-state index >= 15 is 0 Å². The Hall–Kier alpha value is -1.34. The summed E-state index contributed by atoms with van der Waals surface area (Å²) in [5, 5.41) is 3.90. The molecule has 3 rings (SSSR count). The SMILES string of the molecule is CC(C)CCCC(C)NC(=O)CCSCc1nc2sc3c(c2c(=O)[nH]1)CCCC3. The van der Waals surface area contributed by atoms with E-state index in [0.29, 0.717) is 23.9 Å². The molecule has 0 bridgehead atoms. The minimum Gasteiger partial charge on any atom is -0.354 e. The van der Waals surface area contributed by atoms with Crippen LogP contribution in [0.1, 0.15) is 75.6 Å². The van der Waals surface area contributed by atoms with E-state index in [1.165, 1.54) is 23.3 Å². The summed E-state index contributed by atoms with van der Waals surface area (Å²) in [5.74, 6) is 2.90. The molecule has 29 heavy (non-hydrogen) atoms. The van der Waals surface area contributed by atoms with Gasteiger partial charge in [-0.05, 0) is 50.5 Å². The number of thiophene rings is 1. The van der Waals surface area contributed by atoms with Gasteiger partial charge in [0.1, 0.15) is 10.7 Å². The van der Waals surface area contributed by atoms with Crippen LogP contribution in [0, 0.1) is 5.92 Å². The standard InChI is InChI=1S/C22H33N3O2S2/c1-14(2)7-6-8-15(3)23-19(26)11-12-28-13-18-24-21(27)20-16-9-4-5-10-17(16)29-22(20)25-18/h14-15H,4-13H2,1-3H3,(H,23,26)(H,24,25,27). The molecule has 2 N–H and O–H groups in total. The van der Waals surface area contributed by atoms with Crippen molar-refractivity contribution in [2.24, 2.45) is 5.92 Å². The summed E-state index contributed by atoms with van der Waals surface area (Å²) in [6.45, 7) is 6.54. The Balaban J connectivity index is 1.44. The number of hydrogen-bond acceptors (Lipinski definition) is 5. The van der Waals surface area contributed by atoms with E-state index in [4.69, 9.17) is 4.98 Å². The zero-order chi connectivity index (χ0) is 20.8. The number of nitrogens with one attached hydrogen (secondary N) is 2. The summed E-state index contributed by atoms with van der Waals surface area (Å²) in [6.07, 6.45) is 8.34. The van der Waals surface area contributed by atoms with Crippen LogP contribution in [0.2, 0.25) is 0 Å². The minimum atomic E-state index is -0.00188. The van der Waals surface area contributed by atoms with E-state index in [-0.39, 0.29) is 17.5 Å². The lowest BCUT2D eigenvalue weighted by Crippen LogP contribution is -2.32. The first-order chi connectivity index (χ1) is 13.9. The number of aromatic nitrogens is 2. The minimum absolute atomic E-state index is 0.00188. The number of thioether (sulfide) groups is 1. The van der Waals surface area contributed by atoms with Crippen LogP contribution in [0.3, 0.4) is 0 Å². The van der Waals surface area contributed by atoms with Gasteiger partial charge in [-0.15, -0.1) is 11.3 Å². The van der Waals surface area contributed by atoms with Gasteiger partial charge in [-0.2, -0.15) is 11.8 Å². The maximum Gasteiger partial charge on any atom is 0.259 e. The first-order valence-electron chi connectivity index (χ1n) is 10.8. The highest BCUT2D eigenvalue weighted by molar-refractivity contribution is 7.98. The van der Waals surface area contributed by atoms with Crippen molar-refractivity contribution in [3.05, 3.63) is 26.6 Å². The molecule has 0 radical (unpaired) electrons. The molecule has 1 unspecified atom stereocenters. The number of rotatable bonds is 10. The number of nitrogens with zero attached hydrogens (tertiary/aromatic N) is 1. The lowest BCUT2D eigenvalue weighted by atomic mass is 9.97. The van der Waals surface area contributed by atoms with Crippen LogP contribution in [0.15, 0.2) is 4.79 Å². The number of H-pyrrole nitrogens is 1. The molecule has 2 heterocycles. The van der Waals surface area contributed by atoms with Gasteiger partial charge in [-0.3, -0.25) is 9.59 Å². The lowest BCUT2D eigenvalue weighted by molar-refractivity contribution is -0.121. The number of carbonyl (C=O) groups is 1. The number of aryl methyl sites for hydroxylation is 2. The summed E-state index contributed by atoms with van der Waals surface area (Å²) >= 11 is 3.33. The van der Waals surface area contributed by atoms with Crippen molar-refractivity contribution in [1.82, 2.24) is 15.3 Å². The van der Waals surface area contributed by atoms with Gasteiger partial charge in [0, 0.05) is 23.1 Å². The van der Waals surface area contributed by atoms with E-state index in [1.807, 2.05) is 0 Å². The second-order valence-corrected chi connectivity index (χ2v) is 10.7. The van der Waals surface area contributed by atoms with Gasteiger partial charge >= 0.3 is 0 Å². The molecule has 1 aliphatic rings. The summed E-state index contributed by atoms with van der Waals surface area (Å²) in [7, 11) is 0. The highest BCUT2D eigenvalue weighted by atomic mass is 32.2. The molecule has 0 saturated carbocycles. The molecule has 2 aromatic heterocycles. The fourth-order valence-corrected chi connectivity index (χ4v) is 5.95. The Bertz CT molecular complexity index is 888. The molecule has 160 valence electrons. The van der Waals surface area contributed by atoms with Crippen LogP contribution < -0.4 is 10.9 Å². The fraction of sp³-hybridized carbons (Fsp3) is 0.682. The van der Waals surface area contributed by atoms with Gasteiger partial charge in [0.25, 0.3) is 5.56 Å². The molecule has 5 nitrogen and oxygen atoms in total. The molecule has 0 saturated heterocycles. The van der Waals surface area contributed by atoms with E-state index < -0.39 is 0 Å². The van der Waals surface area contributed by atoms with Crippen LogP contribution in [0.5, 0.6) is 0 Å². The van der Waals surface area contributed by atoms with Crippen molar-refractivity contribution in [2.75, 3.05) is 5.75 Å². The van der Waals surface area contributed by atoms with Crippen molar-refractivity contribution < 1.29 is 4.79 Å². The number of aromatic amines is 1. The topological polar surface area (TPSA) is 74.8 Å². The van der Waals surface area contributed by atoms with Crippen LogP contribution in [0.4, 0.5) is 0 Å². The Kier molecular flexibility index (Phi) is 8.18. The summed E-state index contributed by atoms with van der Waals surface area (Å²) in [4.78, 5) is 34.5. The highest BCUT2D eigenvalue weighted by Gasteiger charge is 2.19. The molecular formula is C22H33N3O2S2. The molecule has 0 aliphatic heterocycles. The average Bonchev–Trinajstić information content (AvgIpc) is 3.03. The quantitative estimate of drug-likeness (QED) is 0.525. The summed E-state index contributed by atoms with van der Waals surface area (Å²) in [5.41, 5.74) is 1.22. The Morgan fingerprint density at radius 1 is 1.24 bits per heavy atom. The van der Waals surface area contributed by atoms with Crippen molar-refractivity contribution in [1.29, 1.82) is 0 Å². The number of hydrogen-bond donors (Lipinski definition) is 2. The second kappa shape index (κ2) is 10.6. The molecule has 1 atom stereocenters. The summed E-state index contributed by atoms with van der Waals surface area (Å²) < 4.78 is 0. The maximum atomic E-state index is 12.6. The van der Waals surface area contributed by atoms with Gasteiger partial charge in [-0.25, -0.2) is 4.98 Å². The zero-order valence-electron chi connectivity index (χ0n) is 17.8. The molecule has 7 heteroatoms. The third-order valence-corrected chi connectivity index (χ3v) is 7.57. The molecule has 0 spiro atoms. The third kappa shape index (κ3) is 6.32. The Morgan fingerprint density at radius 3 is 2.83 bits per heavy atom. The van der Waals surface area contributed by atoms with E-state index in [0.717, 1.165) is 48.1 Å². The molecule has 0 fully saturated rings. The highest BCUT2D eigenvalue weighted by Crippen LogP contribution is 2.33. The monoisotopic (exact) mass is 435 g/mol. The fourth-order valence-electron chi connectivity index (χ4n) is 3.86. The smallest absolute Gasteiger partial charge is 0.259 e. The van der Waals surface area contributed by atoms with Gasteiger partial charge < -0.3 is 10.3 Å². The number of fused-ring (bicyclic) bond motifs is 3. The zero-order valence-corrected chi connectivity index (χ0v) is 19.4. The van der Waals surface area contributed by atoms with Crippen molar-refractivity contribution >= 4 is 39.2 Å². The van der Waals surface area contributed by atoms with Crippen LogP contribution in [-0.2, 0) is 23.4 Å². The predicted octanol–water partition coefficient (Wildman–Crippen LogP) is 4.82. The molecule has 2 aromatic rings. The number of amides is 1. The molecular weight excluding hydrogens is 402 g/mol. The second-order valence-electron chi connectivity index (χ2n) is 8.50. The number of carbonyl (C=O) groups excluding carboxylic acids is 1. The van der Waals surface area contributed by atoms with Crippen molar-refractivity contribution in [2.45, 2.75) is 83.9 Å². The lowest BCUT2D eigenvalue weighted by Gasteiger charge is -2.14. The maximum absolute atomic E-state index is 12.6. The molecule has 0 aromatic carbocycles. The van der Waals surface area contributed by atoms with Gasteiger partial charge in [0.15, 0.2) is 0 Å². The van der Waals surface area contributed by atoms with Crippen molar-refractivity contribution in [3.8, 4) is 0 Å². The predicted molar refractivity (Wildman–Crippen MR) is 124 cm³/mol. The van der Waals surface area contributed by atoms with Gasteiger partial charge in [0.05, 0.1) is 11.1 Å². The van der Waals surface area contributed by atoms with E-state index in [2.05, 4.69) is 31.1 Å². The van der Waals surface area contributed by atoms with Crippen LogP contribution >= 0.6 is 23.1 Å². The molecule has 1 amide bonds. The van der Waals surface area contributed by atoms with Crippen LogP contribution in [0.25, 0.3) is 10.2 Å². The van der Waals surface area contributed by atoms with Crippen LogP contribution in [-0.4, -0.2) is 27.7 Å². The van der Waals surface area contributed by atoms with Gasteiger partial charge in [0.2, 0.25) is 5.91 Å².